The number of anilines is 1. The summed E-state index contributed by atoms with van der Waals surface area (Å²) in [7, 11) is 0. The predicted molar refractivity (Wildman–Crippen MR) is 97.8 cm³/mol. The summed E-state index contributed by atoms with van der Waals surface area (Å²) in [5, 5.41) is 23.5. The maximum absolute atomic E-state index is 8.53. The number of nitrogens with one attached hydrogen (secondary N) is 2. The van der Waals surface area contributed by atoms with Crippen LogP contribution in [0.15, 0.2) is 48.5 Å². The van der Waals surface area contributed by atoms with Gasteiger partial charge in [-0.3, -0.25) is 10.8 Å². The Morgan fingerprint density at radius 2 is 1.52 bits per heavy atom. The van der Waals surface area contributed by atoms with E-state index in [0.29, 0.717) is 11.3 Å². The minimum atomic E-state index is 0.256. The first-order valence-corrected chi connectivity index (χ1v) is 8.69. The Morgan fingerprint density at radius 1 is 0.920 bits per heavy atom. The highest BCUT2D eigenvalue weighted by atomic mass is 15.4. The molecule has 2 N–H and O–H groups in total. The van der Waals surface area contributed by atoms with E-state index in [1.807, 2.05) is 24.3 Å². The molecule has 0 radical (unpaired) electrons. The van der Waals surface area contributed by atoms with E-state index < -0.39 is 0 Å². The van der Waals surface area contributed by atoms with Crippen LogP contribution in [0.4, 0.5) is 5.82 Å². The molecular formula is C20H19N5. The van der Waals surface area contributed by atoms with Gasteiger partial charge in [-0.2, -0.15) is 4.68 Å². The van der Waals surface area contributed by atoms with E-state index in [9.17, 15) is 0 Å². The fourth-order valence-corrected chi connectivity index (χ4v) is 3.62. The second-order valence-corrected chi connectivity index (χ2v) is 6.91. The van der Waals surface area contributed by atoms with Crippen molar-refractivity contribution in [3.8, 4) is 0 Å². The maximum atomic E-state index is 8.53. The lowest BCUT2D eigenvalue weighted by Gasteiger charge is -2.21. The molecule has 2 aromatic carbocycles. The van der Waals surface area contributed by atoms with Gasteiger partial charge in [-0.15, -0.1) is 5.10 Å². The van der Waals surface area contributed by atoms with Crippen LogP contribution in [-0.4, -0.2) is 15.6 Å². The number of hydrogen-bond donors (Lipinski definition) is 2. The van der Waals surface area contributed by atoms with Gasteiger partial charge in [-0.25, -0.2) is 0 Å². The Labute approximate surface area is 145 Å². The van der Waals surface area contributed by atoms with Gasteiger partial charge in [-0.05, 0) is 24.0 Å². The molecule has 2 aliphatic rings. The highest BCUT2D eigenvalue weighted by Gasteiger charge is 2.30. The van der Waals surface area contributed by atoms with Crippen molar-refractivity contribution in [3.05, 3.63) is 65.1 Å². The molecule has 2 heterocycles. The molecule has 3 aromatic rings. The average molecular weight is 329 g/mol. The van der Waals surface area contributed by atoms with E-state index in [-0.39, 0.29) is 5.92 Å². The van der Waals surface area contributed by atoms with Gasteiger partial charge in [0.1, 0.15) is 5.84 Å². The third-order valence-electron chi connectivity index (χ3n) is 5.16. The molecule has 1 fully saturated rings. The van der Waals surface area contributed by atoms with E-state index in [1.165, 1.54) is 11.1 Å². The quantitative estimate of drug-likeness (QED) is 0.559. The summed E-state index contributed by atoms with van der Waals surface area (Å²) in [6, 6.07) is 16.4. The van der Waals surface area contributed by atoms with Crippen LogP contribution in [0.25, 0.3) is 10.8 Å². The normalized spacial score (nSPS) is 16.2. The van der Waals surface area contributed by atoms with Crippen LogP contribution in [-0.2, 0) is 13.1 Å². The number of nitrogens with zero attached hydrogens (tertiary/aromatic N) is 3. The first kappa shape index (κ1) is 14.4. The Morgan fingerprint density at radius 3 is 2.16 bits per heavy atom. The summed E-state index contributed by atoms with van der Waals surface area (Å²) in [4.78, 5) is 2.25. The number of fused-ring (bicyclic) bond motifs is 2. The Bertz CT molecular complexity index is 1040. The molecule has 0 amide bonds. The molecule has 1 aliphatic carbocycles. The second-order valence-electron chi connectivity index (χ2n) is 6.91. The van der Waals surface area contributed by atoms with Crippen LogP contribution < -0.4 is 10.4 Å². The minimum Gasteiger partial charge on any atom is -0.346 e. The summed E-state index contributed by atoms with van der Waals surface area (Å²) < 4.78 is 1.54. The molecule has 25 heavy (non-hydrogen) atoms. The SMILES string of the molecule is N=C(C1CC1)n1nc(N2Cc3ccccc3C2)c2ccccc2c1=N. The van der Waals surface area contributed by atoms with Gasteiger partial charge < -0.3 is 4.90 Å². The third-order valence-corrected chi connectivity index (χ3v) is 5.16. The van der Waals surface area contributed by atoms with Crippen LogP contribution in [0.5, 0.6) is 0 Å². The minimum absolute atomic E-state index is 0.256. The Hall–Kier alpha value is -2.95. The van der Waals surface area contributed by atoms with E-state index in [1.54, 1.807) is 4.68 Å². The van der Waals surface area contributed by atoms with Crippen molar-refractivity contribution in [2.45, 2.75) is 25.9 Å². The molecule has 5 nitrogen and oxygen atoms in total. The number of rotatable bonds is 2. The van der Waals surface area contributed by atoms with Gasteiger partial charge in [0, 0.05) is 29.8 Å². The van der Waals surface area contributed by atoms with E-state index in [0.717, 1.165) is 42.5 Å². The molecule has 0 atom stereocenters. The Kier molecular flexibility index (Phi) is 3.04. The summed E-state index contributed by atoms with van der Waals surface area (Å²) >= 11 is 0. The van der Waals surface area contributed by atoms with Gasteiger partial charge in [0.05, 0.1) is 0 Å². The van der Waals surface area contributed by atoms with Crippen LogP contribution in [0, 0.1) is 16.7 Å². The average Bonchev–Trinajstić information content (AvgIpc) is 3.40. The van der Waals surface area contributed by atoms with Crippen molar-refractivity contribution in [1.29, 1.82) is 10.8 Å². The van der Waals surface area contributed by atoms with Gasteiger partial charge in [-0.1, -0.05) is 48.5 Å². The van der Waals surface area contributed by atoms with Gasteiger partial charge in [0.25, 0.3) is 0 Å². The summed E-state index contributed by atoms with van der Waals surface area (Å²) in [6.45, 7) is 1.64. The summed E-state index contributed by atoms with van der Waals surface area (Å²) in [5.41, 5.74) is 2.97. The molecule has 1 saturated carbocycles. The molecule has 0 unspecified atom stereocenters. The molecular weight excluding hydrogens is 310 g/mol. The van der Waals surface area contributed by atoms with Crippen molar-refractivity contribution in [3.63, 3.8) is 0 Å². The standard InChI is InChI=1S/C20H19N5/c21-18(13-9-10-13)25-19(22)16-7-3-4-8-17(16)20(23-25)24-11-14-5-1-2-6-15(14)12-24/h1-8,13,21-22H,9-12H2. The van der Waals surface area contributed by atoms with Crippen molar-refractivity contribution >= 4 is 22.4 Å². The second kappa shape index (κ2) is 5.28. The highest BCUT2D eigenvalue weighted by molar-refractivity contribution is 5.94. The summed E-state index contributed by atoms with van der Waals surface area (Å²) in [5.74, 6) is 1.58. The molecule has 5 heteroatoms. The van der Waals surface area contributed by atoms with Gasteiger partial charge >= 0.3 is 0 Å². The summed E-state index contributed by atoms with van der Waals surface area (Å²) in [6.07, 6.45) is 2.06. The van der Waals surface area contributed by atoms with Gasteiger partial charge in [0.2, 0.25) is 0 Å². The lowest BCUT2D eigenvalue weighted by Crippen LogP contribution is -2.33. The molecule has 1 aromatic heterocycles. The Balaban J connectivity index is 1.69. The van der Waals surface area contributed by atoms with Crippen molar-refractivity contribution in [1.82, 2.24) is 9.78 Å². The molecule has 0 saturated heterocycles. The number of hydrogen-bond acceptors (Lipinski definition) is 4. The lowest BCUT2D eigenvalue weighted by molar-refractivity contribution is 0.758. The van der Waals surface area contributed by atoms with Crippen LogP contribution >= 0.6 is 0 Å². The first-order valence-electron chi connectivity index (χ1n) is 8.69. The van der Waals surface area contributed by atoms with E-state index in [2.05, 4.69) is 29.2 Å². The van der Waals surface area contributed by atoms with Crippen molar-refractivity contribution in [2.75, 3.05) is 4.90 Å². The predicted octanol–water partition coefficient (Wildman–Crippen LogP) is 3.27. The number of aromatic nitrogens is 2. The fraction of sp³-hybridized carbons (Fsp3) is 0.250. The van der Waals surface area contributed by atoms with Crippen LogP contribution in [0.2, 0.25) is 0 Å². The van der Waals surface area contributed by atoms with E-state index in [4.69, 9.17) is 15.9 Å². The zero-order valence-electron chi connectivity index (χ0n) is 13.9. The van der Waals surface area contributed by atoms with Gasteiger partial charge in [0.15, 0.2) is 11.3 Å². The zero-order valence-corrected chi connectivity index (χ0v) is 13.9. The smallest absolute Gasteiger partial charge is 0.158 e. The number of benzene rings is 2. The third kappa shape index (κ3) is 2.27. The fourth-order valence-electron chi connectivity index (χ4n) is 3.62. The van der Waals surface area contributed by atoms with Crippen LogP contribution in [0.1, 0.15) is 24.0 Å². The van der Waals surface area contributed by atoms with E-state index >= 15 is 0 Å². The molecule has 1 aliphatic heterocycles. The van der Waals surface area contributed by atoms with Crippen molar-refractivity contribution in [2.24, 2.45) is 5.92 Å². The van der Waals surface area contributed by atoms with Crippen molar-refractivity contribution < 1.29 is 0 Å². The zero-order chi connectivity index (χ0) is 17.0. The molecule has 0 spiro atoms. The monoisotopic (exact) mass is 329 g/mol. The largest absolute Gasteiger partial charge is 0.346 e. The lowest BCUT2D eigenvalue weighted by atomic mass is 10.1. The molecule has 0 bridgehead atoms. The first-order chi connectivity index (χ1) is 12.2. The molecule has 124 valence electrons. The topological polar surface area (TPSA) is 68.8 Å². The van der Waals surface area contributed by atoms with Crippen LogP contribution in [0.3, 0.4) is 0 Å². The highest BCUT2D eigenvalue weighted by Crippen LogP contribution is 2.33. The molecule has 5 rings (SSSR count). The maximum Gasteiger partial charge on any atom is 0.158 e.